The summed E-state index contributed by atoms with van der Waals surface area (Å²) in [6.45, 7) is 5.67. The lowest BCUT2D eigenvalue weighted by atomic mass is 10.1. The zero-order valence-corrected chi connectivity index (χ0v) is 11.3. The molecule has 2 aromatic rings. The minimum Gasteiger partial charge on any atom is -0.508 e. The molecule has 3 nitrogen and oxygen atoms in total. The van der Waals surface area contributed by atoms with Crippen molar-refractivity contribution < 1.29 is 14.9 Å². The molecule has 3 heteroatoms. The number of hydrogen-bond donors (Lipinski definition) is 2. The highest BCUT2D eigenvalue weighted by atomic mass is 16.5. The van der Waals surface area contributed by atoms with E-state index in [1.54, 1.807) is 30.3 Å². The number of rotatable bonds is 3. The summed E-state index contributed by atoms with van der Waals surface area (Å²) >= 11 is 0. The fraction of sp³-hybridized carbons (Fsp3) is 0.250. The second kappa shape index (κ2) is 8.16. The molecule has 0 aliphatic heterocycles. The number of hydrogen-bond acceptors (Lipinski definition) is 3. The maximum atomic E-state index is 9.28. The number of aromatic hydroxyl groups is 2. The lowest BCUT2D eigenvalue weighted by molar-refractivity contribution is 0.162. The molecule has 0 aliphatic carbocycles. The van der Waals surface area contributed by atoms with E-state index in [4.69, 9.17) is 9.84 Å². The van der Waals surface area contributed by atoms with Gasteiger partial charge in [0.05, 0.1) is 0 Å². The molecule has 0 saturated carbocycles. The summed E-state index contributed by atoms with van der Waals surface area (Å²) in [5.41, 5.74) is 1.91. The van der Waals surface area contributed by atoms with Crippen LogP contribution < -0.4 is 0 Å². The Kier molecular flexibility index (Phi) is 6.47. The van der Waals surface area contributed by atoms with Gasteiger partial charge >= 0.3 is 0 Å². The second-order valence-corrected chi connectivity index (χ2v) is 3.88. The molecule has 2 aromatic carbocycles. The molecular weight excluding hydrogens is 240 g/mol. The molecular formula is C16H20O3. The molecule has 102 valence electrons. The molecule has 0 saturated heterocycles. The summed E-state index contributed by atoms with van der Waals surface area (Å²) in [7, 11) is 0. The van der Waals surface area contributed by atoms with E-state index in [1.807, 2.05) is 32.0 Å². The molecule has 0 bridgehead atoms. The molecule has 2 N–H and O–H groups in total. The van der Waals surface area contributed by atoms with E-state index in [9.17, 15) is 5.11 Å². The molecule has 19 heavy (non-hydrogen) atoms. The molecule has 2 rings (SSSR count). The summed E-state index contributed by atoms with van der Waals surface area (Å²) in [6, 6.07) is 13.9. The van der Waals surface area contributed by atoms with Gasteiger partial charge in [-0.3, -0.25) is 0 Å². The van der Waals surface area contributed by atoms with Crippen LogP contribution in [0.2, 0.25) is 0 Å². The van der Waals surface area contributed by atoms with Gasteiger partial charge in [0, 0.05) is 13.2 Å². The third-order valence-electron chi connectivity index (χ3n) is 2.46. The number of benzene rings is 2. The van der Waals surface area contributed by atoms with E-state index in [0.717, 1.165) is 24.3 Å². The summed E-state index contributed by atoms with van der Waals surface area (Å²) in [6.07, 6.45) is 0. The van der Waals surface area contributed by atoms with Crippen LogP contribution >= 0.6 is 0 Å². The minimum atomic E-state index is 0.244. The fourth-order valence-corrected chi connectivity index (χ4v) is 1.54. The van der Waals surface area contributed by atoms with Crippen LogP contribution in [0, 0.1) is 0 Å². The van der Waals surface area contributed by atoms with Gasteiger partial charge in [-0.05, 0) is 49.2 Å². The van der Waals surface area contributed by atoms with Gasteiger partial charge in [0.1, 0.15) is 11.5 Å². The maximum absolute atomic E-state index is 9.28. The van der Waals surface area contributed by atoms with Crippen LogP contribution in [0.4, 0.5) is 0 Å². The smallest absolute Gasteiger partial charge is 0.116 e. The summed E-state index contributed by atoms with van der Waals surface area (Å²) in [4.78, 5) is 0. The first-order valence-corrected chi connectivity index (χ1v) is 6.33. The fourth-order valence-electron chi connectivity index (χ4n) is 1.54. The SMILES string of the molecule is CCOCC.Oc1ccc(-c2cccc(O)c2)cc1. The molecule has 0 heterocycles. The van der Waals surface area contributed by atoms with Gasteiger partial charge in [-0.15, -0.1) is 0 Å². The zero-order valence-electron chi connectivity index (χ0n) is 11.3. The van der Waals surface area contributed by atoms with Gasteiger partial charge in [0.15, 0.2) is 0 Å². The summed E-state index contributed by atoms with van der Waals surface area (Å²) < 4.78 is 4.83. The summed E-state index contributed by atoms with van der Waals surface area (Å²) in [5, 5.41) is 18.4. The molecule has 0 aliphatic rings. The van der Waals surface area contributed by atoms with Crippen molar-refractivity contribution in [1.29, 1.82) is 0 Å². The van der Waals surface area contributed by atoms with Crippen molar-refractivity contribution in [1.82, 2.24) is 0 Å². The third-order valence-corrected chi connectivity index (χ3v) is 2.46. The van der Waals surface area contributed by atoms with Gasteiger partial charge in [-0.1, -0.05) is 24.3 Å². The normalized spacial score (nSPS) is 9.58. The van der Waals surface area contributed by atoms with Crippen LogP contribution in [0.25, 0.3) is 11.1 Å². The highest BCUT2D eigenvalue weighted by Crippen LogP contribution is 2.24. The van der Waals surface area contributed by atoms with Gasteiger partial charge in [-0.2, -0.15) is 0 Å². The predicted octanol–water partition coefficient (Wildman–Crippen LogP) is 3.81. The van der Waals surface area contributed by atoms with Crippen LogP contribution in [0.1, 0.15) is 13.8 Å². The second-order valence-electron chi connectivity index (χ2n) is 3.88. The first-order chi connectivity index (χ1) is 9.17. The highest BCUT2D eigenvalue weighted by Gasteiger charge is 1.97. The number of phenols is 2. The topological polar surface area (TPSA) is 49.7 Å². The van der Waals surface area contributed by atoms with E-state index in [1.165, 1.54) is 0 Å². The van der Waals surface area contributed by atoms with Gasteiger partial charge in [0.2, 0.25) is 0 Å². The number of phenolic OH excluding ortho intramolecular Hbond substituents is 2. The highest BCUT2D eigenvalue weighted by molar-refractivity contribution is 5.65. The van der Waals surface area contributed by atoms with E-state index in [2.05, 4.69) is 0 Å². The first kappa shape index (κ1) is 15.1. The Balaban J connectivity index is 0.000000312. The lowest BCUT2D eigenvalue weighted by Crippen LogP contribution is -1.84. The molecule has 0 unspecified atom stereocenters. The van der Waals surface area contributed by atoms with Crippen molar-refractivity contribution in [3.8, 4) is 22.6 Å². The van der Waals surface area contributed by atoms with Crippen molar-refractivity contribution in [2.24, 2.45) is 0 Å². The first-order valence-electron chi connectivity index (χ1n) is 6.33. The van der Waals surface area contributed by atoms with Crippen LogP contribution in [-0.2, 0) is 4.74 Å². The Hall–Kier alpha value is -2.00. The molecule has 0 atom stereocenters. The zero-order chi connectivity index (χ0) is 14.1. The summed E-state index contributed by atoms with van der Waals surface area (Å²) in [5.74, 6) is 0.490. The molecule has 0 spiro atoms. The largest absolute Gasteiger partial charge is 0.508 e. The van der Waals surface area contributed by atoms with Crippen molar-refractivity contribution in [2.75, 3.05) is 13.2 Å². The maximum Gasteiger partial charge on any atom is 0.116 e. The molecule has 0 fully saturated rings. The predicted molar refractivity (Wildman–Crippen MR) is 77.4 cm³/mol. The lowest BCUT2D eigenvalue weighted by Gasteiger charge is -2.01. The van der Waals surface area contributed by atoms with E-state index in [0.29, 0.717) is 0 Å². The van der Waals surface area contributed by atoms with Crippen LogP contribution in [-0.4, -0.2) is 23.4 Å². The van der Waals surface area contributed by atoms with Crippen molar-refractivity contribution in [3.05, 3.63) is 48.5 Å². The molecule has 0 amide bonds. The van der Waals surface area contributed by atoms with Gasteiger partial charge in [-0.25, -0.2) is 0 Å². The van der Waals surface area contributed by atoms with Crippen molar-refractivity contribution in [2.45, 2.75) is 13.8 Å². The Morgan fingerprint density at radius 2 is 1.42 bits per heavy atom. The van der Waals surface area contributed by atoms with Crippen LogP contribution in [0.3, 0.4) is 0 Å². The average molecular weight is 260 g/mol. The molecule has 0 aromatic heterocycles. The number of ether oxygens (including phenoxy) is 1. The van der Waals surface area contributed by atoms with Crippen molar-refractivity contribution in [3.63, 3.8) is 0 Å². The Morgan fingerprint density at radius 3 is 1.89 bits per heavy atom. The third kappa shape index (κ3) is 5.44. The quantitative estimate of drug-likeness (QED) is 0.882. The monoisotopic (exact) mass is 260 g/mol. The Labute approximate surface area is 114 Å². The van der Waals surface area contributed by atoms with Crippen LogP contribution in [0.15, 0.2) is 48.5 Å². The van der Waals surface area contributed by atoms with Crippen molar-refractivity contribution >= 4 is 0 Å². The van der Waals surface area contributed by atoms with Crippen LogP contribution in [0.5, 0.6) is 11.5 Å². The molecule has 0 radical (unpaired) electrons. The van der Waals surface area contributed by atoms with E-state index >= 15 is 0 Å². The van der Waals surface area contributed by atoms with E-state index < -0.39 is 0 Å². The Morgan fingerprint density at radius 1 is 0.789 bits per heavy atom. The van der Waals surface area contributed by atoms with Gasteiger partial charge in [0.25, 0.3) is 0 Å². The minimum absolute atomic E-state index is 0.244. The average Bonchev–Trinajstić information content (AvgIpc) is 2.41. The standard InChI is InChI=1S/C12H10O2.C4H10O/c13-11-6-4-9(5-7-11)10-2-1-3-12(14)8-10;1-3-5-4-2/h1-8,13-14H;3-4H2,1-2H3. The Bertz CT molecular complexity index is 476. The van der Waals surface area contributed by atoms with Gasteiger partial charge < -0.3 is 14.9 Å². The van der Waals surface area contributed by atoms with E-state index in [-0.39, 0.29) is 11.5 Å².